The van der Waals surface area contributed by atoms with E-state index in [1.807, 2.05) is 0 Å². The third kappa shape index (κ3) is 8.27. The Balaban J connectivity index is 3.17. The molecule has 0 saturated heterocycles. The van der Waals surface area contributed by atoms with Gasteiger partial charge in [0, 0.05) is 20.3 Å². The zero-order valence-electron chi connectivity index (χ0n) is 17.9. The van der Waals surface area contributed by atoms with E-state index in [9.17, 15) is 24.3 Å². The second kappa shape index (κ2) is 10.8. The maximum atomic E-state index is 12.2. The number of nitrogens with one attached hydrogen (secondary N) is 1. The summed E-state index contributed by atoms with van der Waals surface area (Å²) in [5.41, 5.74) is -0.808. The van der Waals surface area contributed by atoms with Gasteiger partial charge in [0.05, 0.1) is 13.7 Å². The van der Waals surface area contributed by atoms with Crippen LogP contribution in [0.3, 0.4) is 0 Å². The number of esters is 3. The Labute approximate surface area is 174 Å². The Bertz CT molecular complexity index is 681. The fourth-order valence-corrected chi connectivity index (χ4v) is 2.67. The molecule has 0 bridgehead atoms. The molecule has 30 heavy (non-hydrogen) atoms. The third-order valence-corrected chi connectivity index (χ3v) is 3.77. The van der Waals surface area contributed by atoms with Crippen molar-refractivity contribution in [2.24, 2.45) is 0 Å². The first-order valence-corrected chi connectivity index (χ1v) is 9.29. The normalized spacial score (nSPS) is 22.0. The highest BCUT2D eigenvalue weighted by molar-refractivity contribution is 5.86. The standard InChI is InChI=1S/C19H29NO10/c1-10(21)27-8-7-13(28-11(2)22)16-15(20-18(25)30-19(3,4)5)12(23)9-14(29-16)17(24)26-6/h9,12-13,15-16,23H,7-8H2,1-6H3,(H,20,25). The van der Waals surface area contributed by atoms with Crippen molar-refractivity contribution in [3.05, 3.63) is 11.8 Å². The number of aliphatic hydroxyl groups excluding tert-OH is 1. The summed E-state index contributed by atoms with van der Waals surface area (Å²) in [5, 5.41) is 13.0. The Morgan fingerprint density at radius 1 is 1.20 bits per heavy atom. The fraction of sp³-hybridized carbons (Fsp3) is 0.684. The van der Waals surface area contributed by atoms with Crippen LogP contribution in [0.4, 0.5) is 4.79 Å². The smallest absolute Gasteiger partial charge is 0.408 e. The lowest BCUT2D eigenvalue weighted by atomic mass is 9.95. The maximum Gasteiger partial charge on any atom is 0.408 e. The van der Waals surface area contributed by atoms with Gasteiger partial charge >= 0.3 is 24.0 Å². The fourth-order valence-electron chi connectivity index (χ4n) is 2.67. The van der Waals surface area contributed by atoms with E-state index in [2.05, 4.69) is 10.1 Å². The van der Waals surface area contributed by atoms with Crippen LogP contribution in [0, 0.1) is 0 Å². The molecule has 11 nitrogen and oxygen atoms in total. The van der Waals surface area contributed by atoms with Crippen LogP contribution < -0.4 is 5.32 Å². The van der Waals surface area contributed by atoms with Crippen molar-refractivity contribution in [2.75, 3.05) is 13.7 Å². The van der Waals surface area contributed by atoms with Gasteiger partial charge in [-0.15, -0.1) is 0 Å². The average Bonchev–Trinajstić information content (AvgIpc) is 2.59. The van der Waals surface area contributed by atoms with Crippen LogP contribution in [0.25, 0.3) is 0 Å². The van der Waals surface area contributed by atoms with Crippen LogP contribution >= 0.6 is 0 Å². The van der Waals surface area contributed by atoms with Crippen molar-refractivity contribution >= 4 is 24.0 Å². The molecule has 0 saturated carbocycles. The molecule has 0 aliphatic carbocycles. The summed E-state index contributed by atoms with van der Waals surface area (Å²) in [7, 11) is 1.13. The lowest BCUT2D eigenvalue weighted by molar-refractivity contribution is -0.162. The molecular formula is C19H29NO10. The summed E-state index contributed by atoms with van der Waals surface area (Å²) < 4.78 is 25.6. The molecule has 1 amide bonds. The summed E-state index contributed by atoms with van der Waals surface area (Å²) in [5.74, 6) is -2.40. The first-order chi connectivity index (χ1) is 13.8. The summed E-state index contributed by atoms with van der Waals surface area (Å²) in [6, 6.07) is -1.14. The van der Waals surface area contributed by atoms with Crippen molar-refractivity contribution in [1.29, 1.82) is 0 Å². The van der Waals surface area contributed by atoms with Crippen molar-refractivity contribution in [3.63, 3.8) is 0 Å². The molecule has 0 spiro atoms. The first-order valence-electron chi connectivity index (χ1n) is 9.29. The number of amides is 1. The van der Waals surface area contributed by atoms with E-state index in [1.54, 1.807) is 20.8 Å². The maximum absolute atomic E-state index is 12.2. The predicted molar refractivity (Wildman–Crippen MR) is 101 cm³/mol. The van der Waals surface area contributed by atoms with Crippen LogP contribution in [0.1, 0.15) is 41.0 Å². The van der Waals surface area contributed by atoms with Gasteiger partial charge < -0.3 is 34.1 Å². The number of hydrogen-bond acceptors (Lipinski definition) is 10. The largest absolute Gasteiger partial charge is 0.477 e. The SMILES string of the molecule is COC(=O)C1=CC(O)C(NC(=O)OC(C)(C)C)C(C(CCOC(C)=O)OC(C)=O)O1. The highest BCUT2D eigenvalue weighted by Gasteiger charge is 2.43. The second-order valence-corrected chi connectivity index (χ2v) is 7.54. The summed E-state index contributed by atoms with van der Waals surface area (Å²) in [6.07, 6.45) is -3.47. The number of aliphatic hydroxyl groups is 1. The van der Waals surface area contributed by atoms with E-state index in [0.717, 1.165) is 20.1 Å². The lowest BCUT2D eigenvalue weighted by Gasteiger charge is -2.38. The monoisotopic (exact) mass is 431 g/mol. The second-order valence-electron chi connectivity index (χ2n) is 7.54. The minimum atomic E-state index is -1.39. The molecule has 4 atom stereocenters. The number of hydrogen-bond donors (Lipinski definition) is 2. The topological polar surface area (TPSA) is 147 Å². The minimum Gasteiger partial charge on any atom is -0.477 e. The summed E-state index contributed by atoms with van der Waals surface area (Å²) >= 11 is 0. The van der Waals surface area contributed by atoms with E-state index >= 15 is 0 Å². The number of alkyl carbamates (subject to hydrolysis) is 1. The van der Waals surface area contributed by atoms with Gasteiger partial charge in [-0.05, 0) is 26.8 Å². The Hall–Kier alpha value is -2.82. The molecule has 0 aromatic rings. The van der Waals surface area contributed by atoms with E-state index in [-0.39, 0.29) is 18.8 Å². The zero-order chi connectivity index (χ0) is 23.1. The molecule has 1 rings (SSSR count). The van der Waals surface area contributed by atoms with Crippen molar-refractivity contribution < 1.29 is 48.0 Å². The van der Waals surface area contributed by atoms with Gasteiger partial charge in [-0.2, -0.15) is 0 Å². The van der Waals surface area contributed by atoms with E-state index in [1.165, 1.54) is 6.92 Å². The van der Waals surface area contributed by atoms with E-state index < -0.39 is 54.0 Å². The average molecular weight is 431 g/mol. The van der Waals surface area contributed by atoms with E-state index in [4.69, 9.17) is 18.9 Å². The van der Waals surface area contributed by atoms with E-state index in [0.29, 0.717) is 0 Å². The van der Waals surface area contributed by atoms with Gasteiger partial charge in [0.2, 0.25) is 5.76 Å². The van der Waals surface area contributed by atoms with Gasteiger partial charge in [0.1, 0.15) is 23.9 Å². The van der Waals surface area contributed by atoms with Crippen molar-refractivity contribution in [3.8, 4) is 0 Å². The number of carbonyl (C=O) groups excluding carboxylic acids is 4. The van der Waals surface area contributed by atoms with Gasteiger partial charge in [0.15, 0.2) is 6.10 Å². The third-order valence-electron chi connectivity index (χ3n) is 3.77. The predicted octanol–water partition coefficient (Wildman–Crippen LogP) is 0.581. The van der Waals surface area contributed by atoms with Gasteiger partial charge in [-0.1, -0.05) is 0 Å². The zero-order valence-corrected chi connectivity index (χ0v) is 17.9. The molecule has 1 aliphatic rings. The summed E-state index contributed by atoms with van der Waals surface area (Å²) in [6.45, 7) is 7.23. The Morgan fingerprint density at radius 2 is 1.83 bits per heavy atom. The molecule has 170 valence electrons. The van der Waals surface area contributed by atoms with Crippen molar-refractivity contribution in [2.45, 2.75) is 71.0 Å². The quantitative estimate of drug-likeness (QED) is 0.433. The molecule has 1 aliphatic heterocycles. The molecule has 11 heteroatoms. The number of carbonyl (C=O) groups is 4. The highest BCUT2D eigenvalue weighted by Crippen LogP contribution is 2.25. The van der Waals surface area contributed by atoms with Gasteiger partial charge in [0.25, 0.3) is 0 Å². The number of rotatable bonds is 7. The van der Waals surface area contributed by atoms with Crippen LogP contribution in [0.5, 0.6) is 0 Å². The van der Waals surface area contributed by atoms with Crippen LogP contribution in [-0.2, 0) is 38.1 Å². The molecule has 0 aromatic heterocycles. The van der Waals surface area contributed by atoms with Gasteiger partial charge in [-0.25, -0.2) is 9.59 Å². The summed E-state index contributed by atoms with van der Waals surface area (Å²) in [4.78, 5) is 46.8. The lowest BCUT2D eigenvalue weighted by Crippen LogP contribution is -2.59. The first kappa shape index (κ1) is 25.2. The van der Waals surface area contributed by atoms with Crippen molar-refractivity contribution in [1.82, 2.24) is 5.32 Å². The number of ether oxygens (including phenoxy) is 5. The molecule has 0 fully saturated rings. The van der Waals surface area contributed by atoms with Crippen LogP contribution in [0.2, 0.25) is 0 Å². The molecule has 4 unspecified atom stereocenters. The highest BCUT2D eigenvalue weighted by atomic mass is 16.6. The molecule has 1 heterocycles. The Kier molecular flexibility index (Phi) is 9.09. The van der Waals surface area contributed by atoms with Gasteiger partial charge in [-0.3, -0.25) is 9.59 Å². The van der Waals surface area contributed by atoms with Crippen LogP contribution in [-0.4, -0.2) is 72.8 Å². The molecule has 0 radical (unpaired) electrons. The molecule has 2 N–H and O–H groups in total. The molecule has 0 aromatic carbocycles. The minimum absolute atomic E-state index is 0.0164. The molecular weight excluding hydrogens is 402 g/mol. The number of methoxy groups -OCH3 is 1. The Morgan fingerprint density at radius 3 is 2.33 bits per heavy atom. The van der Waals surface area contributed by atoms with Crippen LogP contribution in [0.15, 0.2) is 11.8 Å².